The molecule has 1 aliphatic carbocycles. The fraction of sp³-hybridized carbons (Fsp3) is 0.333. The number of halogens is 3. The van der Waals surface area contributed by atoms with E-state index in [1.807, 2.05) is 0 Å². The zero-order valence-electron chi connectivity index (χ0n) is 21.3. The van der Waals surface area contributed by atoms with E-state index in [1.165, 1.54) is 28.5 Å². The molecule has 0 bridgehead atoms. The van der Waals surface area contributed by atoms with Gasteiger partial charge in [0.1, 0.15) is 5.82 Å². The minimum absolute atomic E-state index is 0.0186. The molecule has 2 amide bonds. The zero-order valence-corrected chi connectivity index (χ0v) is 22.8. The van der Waals surface area contributed by atoms with Crippen molar-refractivity contribution in [1.82, 2.24) is 13.9 Å². The number of nitrogens with zero attached hydrogens (tertiary/aromatic N) is 4. The summed E-state index contributed by atoms with van der Waals surface area (Å²) in [6, 6.07) is 8.45. The van der Waals surface area contributed by atoms with E-state index >= 15 is 0 Å². The molecule has 2 aromatic carbocycles. The van der Waals surface area contributed by atoms with Crippen molar-refractivity contribution in [3.8, 4) is 11.5 Å². The van der Waals surface area contributed by atoms with E-state index in [9.17, 15) is 28.7 Å². The molecule has 13 heteroatoms. The lowest BCUT2D eigenvalue weighted by atomic mass is 9.64. The van der Waals surface area contributed by atoms with Crippen molar-refractivity contribution in [3.63, 3.8) is 0 Å². The number of alkyl halides is 2. The van der Waals surface area contributed by atoms with Crippen LogP contribution in [0.2, 0.25) is 0 Å². The Morgan fingerprint density at radius 2 is 1.75 bits per heavy atom. The highest BCUT2D eigenvalue weighted by Gasteiger charge is 2.76. The van der Waals surface area contributed by atoms with E-state index in [0.717, 1.165) is 21.6 Å². The molecule has 0 radical (unpaired) electrons. The number of rotatable bonds is 4. The Hall–Kier alpha value is -3.83. The van der Waals surface area contributed by atoms with Crippen molar-refractivity contribution >= 4 is 40.7 Å². The molecule has 2 aliphatic heterocycles. The molecule has 2 fully saturated rings. The van der Waals surface area contributed by atoms with Gasteiger partial charge in [-0.3, -0.25) is 9.59 Å². The van der Waals surface area contributed by atoms with E-state index in [4.69, 9.17) is 27.9 Å². The van der Waals surface area contributed by atoms with Gasteiger partial charge in [-0.25, -0.2) is 32.8 Å². The highest BCUT2D eigenvalue weighted by molar-refractivity contribution is 6.58. The Morgan fingerprint density at radius 3 is 2.42 bits per heavy atom. The number of hydrogen-bond donors (Lipinski definition) is 1. The van der Waals surface area contributed by atoms with Crippen molar-refractivity contribution in [2.24, 2.45) is 7.05 Å². The van der Waals surface area contributed by atoms with Gasteiger partial charge < -0.3 is 9.84 Å². The van der Waals surface area contributed by atoms with Crippen molar-refractivity contribution < 1.29 is 23.8 Å². The zero-order chi connectivity index (χ0) is 28.7. The molecule has 4 unspecified atom stereocenters. The Kier molecular flexibility index (Phi) is 5.83. The molecule has 1 aromatic heterocycles. The third-order valence-corrected chi connectivity index (χ3v) is 9.41. The average molecular weight is 589 g/mol. The summed E-state index contributed by atoms with van der Waals surface area (Å²) < 4.78 is 22.7. The molecular weight excluding hydrogens is 566 g/mol. The molecule has 3 aromatic rings. The van der Waals surface area contributed by atoms with Gasteiger partial charge in [0, 0.05) is 24.9 Å². The maximum atomic E-state index is 14.2. The van der Waals surface area contributed by atoms with E-state index in [-0.39, 0.29) is 42.3 Å². The van der Waals surface area contributed by atoms with Gasteiger partial charge in [-0.2, -0.15) is 0 Å². The lowest BCUT2D eigenvalue weighted by Crippen LogP contribution is -2.59. The molecule has 6 rings (SSSR count). The quantitative estimate of drug-likeness (QED) is 0.285. The van der Waals surface area contributed by atoms with Crippen LogP contribution in [0.3, 0.4) is 0 Å². The summed E-state index contributed by atoms with van der Waals surface area (Å²) in [5.41, 5.74) is -0.552. The molecule has 0 spiro atoms. The Morgan fingerprint density at radius 1 is 1.05 bits per heavy atom. The highest BCUT2D eigenvalue weighted by atomic mass is 35.5. The molecule has 208 valence electrons. The molecule has 1 saturated heterocycles. The number of amides is 2. The number of aromatic hydroxyl groups is 1. The minimum atomic E-state index is -2.18. The fourth-order valence-corrected chi connectivity index (χ4v) is 7.07. The van der Waals surface area contributed by atoms with Crippen molar-refractivity contribution in [2.75, 3.05) is 11.5 Å². The number of carbonyl (C=O) groups excluding carboxylic acids is 2. The molecule has 4 atom stereocenters. The number of carbonyl (C=O) groups is 2. The summed E-state index contributed by atoms with van der Waals surface area (Å²) in [5, 5.41) is 11.3. The van der Waals surface area contributed by atoms with Crippen LogP contribution in [-0.2, 0) is 23.2 Å². The van der Waals surface area contributed by atoms with Gasteiger partial charge in [0.2, 0.25) is 0 Å². The predicted molar refractivity (Wildman–Crippen MR) is 144 cm³/mol. The first-order valence-electron chi connectivity index (χ1n) is 12.5. The largest absolute Gasteiger partial charge is 0.504 e. The Labute approximate surface area is 236 Å². The van der Waals surface area contributed by atoms with Crippen LogP contribution >= 0.6 is 23.2 Å². The first kappa shape index (κ1) is 26.4. The van der Waals surface area contributed by atoms with Gasteiger partial charge in [-0.15, -0.1) is 23.2 Å². The lowest BCUT2D eigenvalue weighted by molar-refractivity contribution is -0.122. The fourth-order valence-electron chi connectivity index (χ4n) is 6.16. The summed E-state index contributed by atoms with van der Waals surface area (Å²) in [6.07, 6.45) is 1.36. The van der Waals surface area contributed by atoms with Crippen LogP contribution in [0.25, 0.3) is 0 Å². The average Bonchev–Trinajstić information content (AvgIpc) is 3.24. The first-order chi connectivity index (χ1) is 19.0. The van der Waals surface area contributed by atoms with Crippen molar-refractivity contribution in [1.29, 1.82) is 0 Å². The Bertz CT molecular complexity index is 1740. The standard InChI is InChI=1S/C27H23Cl2FN4O6/c1-3-40-19-6-4-5-17(21(19)35)20-16-11-12-32-24(38)31(2)25(39)34(32)18(16)13-26(28)22(36)33(23(37)27(20,26)29)15-9-7-14(30)8-10-15/h4-11,18,20,35H,3,12-13H2,1-2H3. The van der Waals surface area contributed by atoms with Crippen molar-refractivity contribution in [2.45, 2.75) is 41.6 Å². The topological polar surface area (TPSA) is 116 Å². The number of ether oxygens (including phenoxy) is 1. The van der Waals surface area contributed by atoms with Gasteiger partial charge in [0.05, 0.1) is 24.9 Å². The van der Waals surface area contributed by atoms with Gasteiger partial charge in [0.15, 0.2) is 21.2 Å². The third-order valence-electron chi connectivity index (χ3n) is 8.00. The molecule has 10 nitrogen and oxygen atoms in total. The molecule has 1 saturated carbocycles. The lowest BCUT2D eigenvalue weighted by Gasteiger charge is -2.49. The number of phenols is 1. The SMILES string of the molecule is CCOc1cccc(C2C3=CCn4c(=O)n(C)c(=O)n4C3CC3(Cl)C(=O)N(c4ccc(F)cc4)C(=O)C23Cl)c1O. The number of para-hydroxylation sites is 1. The number of fused-ring (bicyclic) bond motifs is 4. The molecule has 40 heavy (non-hydrogen) atoms. The monoisotopic (exact) mass is 588 g/mol. The van der Waals surface area contributed by atoms with Crippen LogP contribution in [0.15, 0.2) is 63.7 Å². The summed E-state index contributed by atoms with van der Waals surface area (Å²) in [7, 11) is 1.34. The summed E-state index contributed by atoms with van der Waals surface area (Å²) in [4.78, 5) is 50.8. The maximum absolute atomic E-state index is 14.2. The van der Waals surface area contributed by atoms with E-state index < -0.39 is 50.7 Å². The van der Waals surface area contributed by atoms with Crippen LogP contribution in [0.1, 0.15) is 30.9 Å². The van der Waals surface area contributed by atoms with Crippen molar-refractivity contribution in [3.05, 3.63) is 86.5 Å². The number of imide groups is 1. The van der Waals surface area contributed by atoms with Crippen LogP contribution in [0, 0.1) is 5.82 Å². The summed E-state index contributed by atoms with van der Waals surface area (Å²) in [6.45, 7) is 1.95. The van der Waals surface area contributed by atoms with E-state index in [1.54, 1.807) is 31.2 Å². The molecular formula is C27H23Cl2FN4O6. The van der Waals surface area contributed by atoms with Crippen LogP contribution in [0.4, 0.5) is 10.1 Å². The summed E-state index contributed by atoms with van der Waals surface area (Å²) >= 11 is 14.4. The van der Waals surface area contributed by atoms with Crippen LogP contribution in [0.5, 0.6) is 11.5 Å². The number of aromatic nitrogens is 3. The van der Waals surface area contributed by atoms with Gasteiger partial charge in [-0.05, 0) is 42.8 Å². The summed E-state index contributed by atoms with van der Waals surface area (Å²) in [5.74, 6) is -3.71. The molecule has 3 aliphatic rings. The van der Waals surface area contributed by atoms with E-state index in [0.29, 0.717) is 5.57 Å². The second-order valence-electron chi connectivity index (χ2n) is 9.97. The Balaban J connectivity index is 1.64. The van der Waals surface area contributed by atoms with Gasteiger partial charge in [-0.1, -0.05) is 18.2 Å². The second-order valence-corrected chi connectivity index (χ2v) is 11.2. The number of benzene rings is 2. The van der Waals surface area contributed by atoms with Gasteiger partial charge >= 0.3 is 11.4 Å². The maximum Gasteiger partial charge on any atom is 0.347 e. The first-order valence-corrected chi connectivity index (χ1v) is 13.3. The second kappa shape index (κ2) is 8.84. The molecule has 3 heterocycles. The van der Waals surface area contributed by atoms with Crippen LogP contribution in [-0.4, -0.2) is 47.2 Å². The number of phenolic OH excluding ortho intramolecular Hbond substituents is 1. The van der Waals surface area contributed by atoms with E-state index in [2.05, 4.69) is 0 Å². The van der Waals surface area contributed by atoms with Gasteiger partial charge in [0.25, 0.3) is 11.8 Å². The number of hydrogen-bond acceptors (Lipinski definition) is 6. The predicted octanol–water partition coefficient (Wildman–Crippen LogP) is 2.79. The number of anilines is 1. The third kappa shape index (κ3) is 3.21. The molecule has 1 N–H and O–H groups in total. The minimum Gasteiger partial charge on any atom is -0.504 e. The normalized spacial score (nSPS) is 27.2. The van der Waals surface area contributed by atoms with Crippen LogP contribution < -0.4 is 21.0 Å². The highest BCUT2D eigenvalue weighted by Crippen LogP contribution is 2.64. The smallest absolute Gasteiger partial charge is 0.347 e. The number of allylic oxidation sites excluding steroid dienone is 2.